The Morgan fingerprint density at radius 1 is 1.26 bits per heavy atom. The van der Waals surface area contributed by atoms with Gasteiger partial charge in [0.25, 0.3) is 5.91 Å². The van der Waals surface area contributed by atoms with E-state index in [0.717, 1.165) is 37.1 Å². The first-order valence-electron chi connectivity index (χ1n) is 9.28. The molecule has 3 aliphatic rings. The molecule has 2 fully saturated rings. The molecule has 1 aromatic heterocycles. The van der Waals surface area contributed by atoms with Crippen LogP contribution in [-0.2, 0) is 13.0 Å². The summed E-state index contributed by atoms with van der Waals surface area (Å²) in [4.78, 5) is 18.9. The van der Waals surface area contributed by atoms with Gasteiger partial charge in [-0.1, -0.05) is 0 Å². The molecule has 4 rings (SSSR count). The molecule has 1 saturated carbocycles. The lowest BCUT2D eigenvalue weighted by molar-refractivity contribution is -0.258. The third kappa shape index (κ3) is 3.55. The normalized spacial score (nSPS) is 23.7. The molecule has 9 heteroatoms. The minimum Gasteiger partial charge on any atom is -0.294 e. The lowest BCUT2D eigenvalue weighted by atomic mass is 9.60. The molecule has 148 valence electrons. The maximum Gasteiger partial charge on any atom is 0.459 e. The van der Waals surface area contributed by atoms with Gasteiger partial charge in [0, 0.05) is 38.4 Å². The Kier molecular flexibility index (Phi) is 4.64. The number of carbonyl (C=O) groups is 1. The summed E-state index contributed by atoms with van der Waals surface area (Å²) in [5, 5.41) is 8.73. The SMILES string of the molecule is O=C(NO)c1cnc2c(c1)CCN(C1CC3(CCN(C(F)(F)F)CC3)C1)C2. The number of pyridine rings is 1. The molecule has 2 aliphatic heterocycles. The third-order valence-electron chi connectivity index (χ3n) is 6.48. The molecule has 0 bridgehead atoms. The van der Waals surface area contributed by atoms with Gasteiger partial charge in [0.05, 0.1) is 11.3 Å². The van der Waals surface area contributed by atoms with E-state index in [0.29, 0.717) is 35.9 Å². The number of hydrogen-bond acceptors (Lipinski definition) is 5. The second-order valence-electron chi connectivity index (χ2n) is 8.01. The van der Waals surface area contributed by atoms with Crippen molar-refractivity contribution in [3.8, 4) is 0 Å². The zero-order valence-corrected chi connectivity index (χ0v) is 14.9. The number of alkyl halides is 3. The van der Waals surface area contributed by atoms with Crippen LogP contribution < -0.4 is 5.48 Å². The van der Waals surface area contributed by atoms with Crippen LogP contribution >= 0.6 is 0 Å². The number of hydrogen-bond donors (Lipinski definition) is 2. The van der Waals surface area contributed by atoms with Gasteiger partial charge in [-0.05, 0) is 49.1 Å². The summed E-state index contributed by atoms with van der Waals surface area (Å²) in [5.74, 6) is -0.570. The van der Waals surface area contributed by atoms with E-state index in [1.165, 1.54) is 6.20 Å². The van der Waals surface area contributed by atoms with Crippen LogP contribution in [0.2, 0.25) is 0 Å². The highest BCUT2D eigenvalue weighted by Crippen LogP contribution is 2.52. The van der Waals surface area contributed by atoms with Gasteiger partial charge < -0.3 is 0 Å². The number of amides is 1. The summed E-state index contributed by atoms with van der Waals surface area (Å²) in [7, 11) is 0. The van der Waals surface area contributed by atoms with Crippen molar-refractivity contribution in [1.82, 2.24) is 20.3 Å². The van der Waals surface area contributed by atoms with Crippen LogP contribution in [0.5, 0.6) is 0 Å². The van der Waals surface area contributed by atoms with Crippen LogP contribution in [0.1, 0.15) is 47.3 Å². The molecule has 0 atom stereocenters. The van der Waals surface area contributed by atoms with Crippen molar-refractivity contribution in [1.29, 1.82) is 0 Å². The summed E-state index contributed by atoms with van der Waals surface area (Å²) < 4.78 is 38.4. The molecule has 3 heterocycles. The van der Waals surface area contributed by atoms with E-state index in [1.807, 2.05) is 0 Å². The lowest BCUT2D eigenvalue weighted by Gasteiger charge is -2.55. The number of fused-ring (bicyclic) bond motifs is 1. The number of rotatable bonds is 2. The van der Waals surface area contributed by atoms with Crippen molar-refractivity contribution in [3.05, 3.63) is 29.1 Å². The third-order valence-corrected chi connectivity index (χ3v) is 6.48. The first-order chi connectivity index (χ1) is 12.8. The molecular weight excluding hydrogens is 361 g/mol. The zero-order chi connectivity index (χ0) is 19.2. The highest BCUT2D eigenvalue weighted by molar-refractivity contribution is 5.93. The number of nitrogens with zero attached hydrogens (tertiary/aromatic N) is 3. The molecule has 0 radical (unpaired) electrons. The van der Waals surface area contributed by atoms with Crippen LogP contribution in [0, 0.1) is 5.41 Å². The summed E-state index contributed by atoms with van der Waals surface area (Å²) in [5.41, 5.74) is 3.97. The van der Waals surface area contributed by atoms with Crippen molar-refractivity contribution in [3.63, 3.8) is 0 Å². The standard InChI is InChI=1S/C18H23F3N4O2/c19-18(20,21)25-5-2-17(3-6-25)8-14(9-17)24-4-1-12-7-13(16(26)23-27)10-22-15(12)11-24/h7,10,14,27H,1-6,8-9,11H2,(H,23,26). The molecule has 1 aliphatic carbocycles. The van der Waals surface area contributed by atoms with Gasteiger partial charge in [-0.2, -0.15) is 13.2 Å². The predicted octanol–water partition coefficient (Wildman–Crippen LogP) is 2.32. The number of carbonyl (C=O) groups excluding carboxylic acids is 1. The van der Waals surface area contributed by atoms with Crippen molar-refractivity contribution in [2.45, 2.75) is 51.0 Å². The maximum absolute atomic E-state index is 12.8. The van der Waals surface area contributed by atoms with Crippen LogP contribution in [0.25, 0.3) is 0 Å². The van der Waals surface area contributed by atoms with E-state index in [9.17, 15) is 18.0 Å². The second kappa shape index (κ2) is 6.72. The molecule has 0 aromatic carbocycles. The fraction of sp³-hybridized carbons (Fsp3) is 0.667. The fourth-order valence-corrected chi connectivity index (χ4v) is 4.77. The Balaban J connectivity index is 1.33. The lowest BCUT2D eigenvalue weighted by Crippen LogP contribution is -2.57. The number of aromatic nitrogens is 1. The summed E-state index contributed by atoms with van der Waals surface area (Å²) in [6, 6.07) is 2.16. The summed E-state index contributed by atoms with van der Waals surface area (Å²) in [6.07, 6.45) is 1.18. The first kappa shape index (κ1) is 18.6. The van der Waals surface area contributed by atoms with E-state index in [4.69, 9.17) is 5.21 Å². The highest BCUT2D eigenvalue weighted by atomic mass is 19.4. The Morgan fingerprint density at radius 2 is 1.96 bits per heavy atom. The van der Waals surface area contributed by atoms with Crippen LogP contribution in [0.3, 0.4) is 0 Å². The van der Waals surface area contributed by atoms with Gasteiger partial charge >= 0.3 is 6.30 Å². The molecule has 1 amide bonds. The van der Waals surface area contributed by atoms with Crippen molar-refractivity contribution >= 4 is 5.91 Å². The Morgan fingerprint density at radius 3 is 2.59 bits per heavy atom. The number of halogens is 3. The van der Waals surface area contributed by atoms with E-state index >= 15 is 0 Å². The average molecular weight is 384 g/mol. The Hall–Kier alpha value is -1.71. The second-order valence-corrected chi connectivity index (χ2v) is 8.01. The van der Waals surface area contributed by atoms with Gasteiger partial charge in [-0.25, -0.2) is 10.4 Å². The number of hydroxylamine groups is 1. The molecule has 6 nitrogen and oxygen atoms in total. The van der Waals surface area contributed by atoms with Gasteiger partial charge in [-0.15, -0.1) is 0 Å². The smallest absolute Gasteiger partial charge is 0.294 e. The quantitative estimate of drug-likeness (QED) is 0.465. The Bertz CT molecular complexity index is 724. The molecule has 1 saturated heterocycles. The predicted molar refractivity (Wildman–Crippen MR) is 89.9 cm³/mol. The van der Waals surface area contributed by atoms with Gasteiger partial charge in [0.2, 0.25) is 0 Å². The van der Waals surface area contributed by atoms with E-state index < -0.39 is 12.2 Å². The topological polar surface area (TPSA) is 68.7 Å². The van der Waals surface area contributed by atoms with E-state index in [1.54, 1.807) is 11.5 Å². The first-order valence-corrected chi connectivity index (χ1v) is 9.28. The number of nitrogens with one attached hydrogen (secondary N) is 1. The largest absolute Gasteiger partial charge is 0.459 e. The molecule has 1 aromatic rings. The molecule has 0 unspecified atom stereocenters. The minimum atomic E-state index is -4.21. The van der Waals surface area contributed by atoms with E-state index in [-0.39, 0.29) is 18.5 Å². The molecule has 2 N–H and O–H groups in total. The monoisotopic (exact) mass is 384 g/mol. The molecular formula is C18H23F3N4O2. The Labute approximate surface area is 155 Å². The molecule has 27 heavy (non-hydrogen) atoms. The van der Waals surface area contributed by atoms with Crippen LogP contribution in [0.15, 0.2) is 12.3 Å². The van der Waals surface area contributed by atoms with Crippen molar-refractivity contribution < 1.29 is 23.2 Å². The van der Waals surface area contributed by atoms with Crippen LogP contribution in [0.4, 0.5) is 13.2 Å². The van der Waals surface area contributed by atoms with Gasteiger partial charge in [0.1, 0.15) is 0 Å². The maximum atomic E-state index is 12.8. The summed E-state index contributed by atoms with van der Waals surface area (Å²) >= 11 is 0. The average Bonchev–Trinajstić information content (AvgIpc) is 2.64. The number of likely N-dealkylation sites (tertiary alicyclic amines) is 1. The zero-order valence-electron chi connectivity index (χ0n) is 14.9. The number of piperidine rings is 1. The summed E-state index contributed by atoms with van der Waals surface area (Å²) in [6.45, 7) is 1.77. The van der Waals surface area contributed by atoms with Crippen molar-refractivity contribution in [2.75, 3.05) is 19.6 Å². The minimum absolute atomic E-state index is 0.0726. The van der Waals surface area contributed by atoms with Crippen molar-refractivity contribution in [2.24, 2.45) is 5.41 Å². The fourth-order valence-electron chi connectivity index (χ4n) is 4.77. The van der Waals surface area contributed by atoms with E-state index in [2.05, 4.69) is 9.88 Å². The van der Waals surface area contributed by atoms with Gasteiger partial charge in [0.15, 0.2) is 0 Å². The highest BCUT2D eigenvalue weighted by Gasteiger charge is 2.51. The van der Waals surface area contributed by atoms with Crippen LogP contribution in [-0.4, -0.2) is 57.9 Å². The molecule has 1 spiro atoms. The van der Waals surface area contributed by atoms with Gasteiger partial charge in [-0.3, -0.25) is 19.9 Å².